The van der Waals surface area contributed by atoms with Crippen molar-refractivity contribution in [2.75, 3.05) is 18.4 Å². The molecule has 0 bridgehead atoms. The van der Waals surface area contributed by atoms with Gasteiger partial charge in [0.15, 0.2) is 0 Å². The van der Waals surface area contributed by atoms with Crippen molar-refractivity contribution in [2.24, 2.45) is 0 Å². The second-order valence-corrected chi connectivity index (χ2v) is 7.91. The maximum Gasteiger partial charge on any atom is 0.268 e. The molecule has 1 heterocycles. The molecule has 3 rings (SSSR count). The van der Waals surface area contributed by atoms with Gasteiger partial charge in [0.2, 0.25) is 0 Å². The summed E-state index contributed by atoms with van der Waals surface area (Å²) in [5.74, 6) is -0.991. The number of hydrogen-bond donors (Lipinski definition) is 2. The predicted octanol–water partition coefficient (Wildman–Crippen LogP) is 2.21. The SMILES string of the molecule is CCNCc1ccccc1NC(=O)c1ccc2c(c1)S(=O)(=O)N(CC)C2=O. The van der Waals surface area contributed by atoms with E-state index in [0.717, 1.165) is 16.4 Å². The largest absolute Gasteiger partial charge is 0.322 e. The summed E-state index contributed by atoms with van der Waals surface area (Å²) in [7, 11) is -3.90. The van der Waals surface area contributed by atoms with Crippen LogP contribution in [0.4, 0.5) is 5.69 Å². The van der Waals surface area contributed by atoms with E-state index in [1.54, 1.807) is 13.0 Å². The Morgan fingerprint density at radius 2 is 1.85 bits per heavy atom. The van der Waals surface area contributed by atoms with Crippen LogP contribution < -0.4 is 10.6 Å². The second kappa shape index (κ2) is 7.50. The average Bonchev–Trinajstić information content (AvgIpc) is 2.86. The maximum absolute atomic E-state index is 12.7. The van der Waals surface area contributed by atoms with Crippen LogP contribution in [0.25, 0.3) is 0 Å². The van der Waals surface area contributed by atoms with Crippen molar-refractivity contribution in [3.8, 4) is 0 Å². The van der Waals surface area contributed by atoms with E-state index in [4.69, 9.17) is 0 Å². The van der Waals surface area contributed by atoms with Gasteiger partial charge < -0.3 is 10.6 Å². The summed E-state index contributed by atoms with van der Waals surface area (Å²) in [6.45, 7) is 5.04. The number of para-hydroxylation sites is 1. The van der Waals surface area contributed by atoms with Gasteiger partial charge in [0.05, 0.1) is 5.56 Å². The van der Waals surface area contributed by atoms with Gasteiger partial charge in [0, 0.05) is 24.3 Å². The molecule has 2 N–H and O–H groups in total. The maximum atomic E-state index is 12.7. The number of benzene rings is 2. The number of carbonyl (C=O) groups is 2. The van der Waals surface area contributed by atoms with Crippen LogP contribution in [0, 0.1) is 0 Å². The zero-order chi connectivity index (χ0) is 19.6. The molecular weight excluding hydrogens is 366 g/mol. The van der Waals surface area contributed by atoms with Crippen molar-refractivity contribution in [3.63, 3.8) is 0 Å². The Hall–Kier alpha value is -2.71. The molecular formula is C19H21N3O4S. The Balaban J connectivity index is 1.90. The summed E-state index contributed by atoms with van der Waals surface area (Å²) in [5, 5.41) is 6.02. The molecule has 2 aromatic carbocycles. The van der Waals surface area contributed by atoms with Gasteiger partial charge in [-0.25, -0.2) is 12.7 Å². The second-order valence-electron chi connectivity index (χ2n) is 6.08. The van der Waals surface area contributed by atoms with Crippen LogP contribution >= 0.6 is 0 Å². The first-order chi connectivity index (χ1) is 12.9. The lowest BCUT2D eigenvalue weighted by Crippen LogP contribution is -2.29. The molecule has 0 unspecified atom stereocenters. The van der Waals surface area contributed by atoms with Gasteiger partial charge in [0.1, 0.15) is 4.90 Å². The van der Waals surface area contributed by atoms with Crippen molar-refractivity contribution >= 4 is 27.5 Å². The number of carbonyl (C=O) groups excluding carboxylic acids is 2. The molecule has 1 aliphatic rings. The Morgan fingerprint density at radius 1 is 1.11 bits per heavy atom. The van der Waals surface area contributed by atoms with Gasteiger partial charge in [-0.05, 0) is 43.3 Å². The molecule has 2 amide bonds. The molecule has 0 fully saturated rings. The summed E-state index contributed by atoms with van der Waals surface area (Å²) in [5.41, 5.74) is 1.86. The molecule has 27 heavy (non-hydrogen) atoms. The molecule has 0 atom stereocenters. The lowest BCUT2D eigenvalue weighted by molar-refractivity contribution is 0.0875. The van der Waals surface area contributed by atoms with Crippen molar-refractivity contribution in [1.29, 1.82) is 0 Å². The highest BCUT2D eigenvalue weighted by molar-refractivity contribution is 7.90. The monoisotopic (exact) mass is 387 g/mol. The molecule has 0 saturated carbocycles. The number of nitrogens with zero attached hydrogens (tertiary/aromatic N) is 1. The molecule has 8 heteroatoms. The van der Waals surface area contributed by atoms with Crippen molar-refractivity contribution in [2.45, 2.75) is 25.3 Å². The Bertz CT molecular complexity index is 1000. The van der Waals surface area contributed by atoms with Crippen molar-refractivity contribution < 1.29 is 18.0 Å². The van der Waals surface area contributed by atoms with E-state index in [1.807, 2.05) is 25.1 Å². The number of fused-ring (bicyclic) bond motifs is 1. The Morgan fingerprint density at radius 3 is 2.56 bits per heavy atom. The number of sulfonamides is 1. The van der Waals surface area contributed by atoms with Crippen LogP contribution in [0.3, 0.4) is 0 Å². The number of nitrogens with one attached hydrogen (secondary N) is 2. The molecule has 0 saturated heterocycles. The van der Waals surface area contributed by atoms with Crippen LogP contribution in [0.5, 0.6) is 0 Å². The summed E-state index contributed by atoms with van der Waals surface area (Å²) in [6, 6.07) is 11.5. The quantitative estimate of drug-likeness (QED) is 0.792. The highest BCUT2D eigenvalue weighted by Crippen LogP contribution is 2.31. The summed E-state index contributed by atoms with van der Waals surface area (Å²) >= 11 is 0. The molecule has 142 valence electrons. The molecule has 0 radical (unpaired) electrons. The fourth-order valence-electron chi connectivity index (χ4n) is 2.98. The van der Waals surface area contributed by atoms with E-state index in [1.165, 1.54) is 18.2 Å². The lowest BCUT2D eigenvalue weighted by Gasteiger charge is -2.12. The number of hydrogen-bond acceptors (Lipinski definition) is 5. The average molecular weight is 387 g/mol. The predicted molar refractivity (Wildman–Crippen MR) is 102 cm³/mol. The number of rotatable bonds is 6. The molecule has 0 aliphatic carbocycles. The highest BCUT2D eigenvalue weighted by atomic mass is 32.2. The summed E-state index contributed by atoms with van der Waals surface area (Å²) in [4.78, 5) is 24.7. The Labute approximate surface area is 158 Å². The van der Waals surface area contributed by atoms with Crippen LogP contribution in [-0.2, 0) is 16.6 Å². The summed E-state index contributed by atoms with van der Waals surface area (Å²) < 4.78 is 25.8. The van der Waals surface area contributed by atoms with Gasteiger partial charge >= 0.3 is 0 Å². The molecule has 2 aromatic rings. The first-order valence-electron chi connectivity index (χ1n) is 8.71. The topological polar surface area (TPSA) is 95.6 Å². The molecule has 7 nitrogen and oxygen atoms in total. The first kappa shape index (κ1) is 19.1. The minimum atomic E-state index is -3.90. The smallest absolute Gasteiger partial charge is 0.268 e. The van der Waals surface area contributed by atoms with Gasteiger partial charge in [-0.3, -0.25) is 9.59 Å². The van der Waals surface area contributed by atoms with Crippen molar-refractivity contribution in [1.82, 2.24) is 9.62 Å². The normalized spacial score (nSPS) is 14.9. The van der Waals surface area contributed by atoms with Gasteiger partial charge in [-0.2, -0.15) is 0 Å². The zero-order valence-electron chi connectivity index (χ0n) is 15.2. The summed E-state index contributed by atoms with van der Waals surface area (Å²) in [6.07, 6.45) is 0. The van der Waals surface area contributed by atoms with Crippen LogP contribution in [0.1, 0.15) is 40.1 Å². The van der Waals surface area contributed by atoms with Crippen molar-refractivity contribution in [3.05, 3.63) is 59.2 Å². The van der Waals surface area contributed by atoms with E-state index in [0.29, 0.717) is 12.2 Å². The lowest BCUT2D eigenvalue weighted by atomic mass is 10.1. The van der Waals surface area contributed by atoms with Gasteiger partial charge in [-0.1, -0.05) is 25.1 Å². The Kier molecular flexibility index (Phi) is 5.29. The third kappa shape index (κ3) is 3.45. The van der Waals surface area contributed by atoms with E-state index in [9.17, 15) is 18.0 Å². The van der Waals surface area contributed by atoms with Crippen LogP contribution in [-0.4, -0.2) is 37.6 Å². The minimum absolute atomic E-state index is 0.0508. The molecule has 1 aliphatic heterocycles. The van der Waals surface area contributed by atoms with E-state index >= 15 is 0 Å². The van der Waals surface area contributed by atoms with Crippen LogP contribution in [0.2, 0.25) is 0 Å². The number of anilines is 1. The van der Waals surface area contributed by atoms with E-state index in [2.05, 4.69) is 10.6 Å². The van der Waals surface area contributed by atoms with E-state index < -0.39 is 21.8 Å². The van der Waals surface area contributed by atoms with Gasteiger partial charge in [-0.15, -0.1) is 0 Å². The number of amides is 2. The third-order valence-corrected chi connectivity index (χ3v) is 6.28. The first-order valence-corrected chi connectivity index (χ1v) is 10.1. The minimum Gasteiger partial charge on any atom is -0.322 e. The standard InChI is InChI=1S/C19H21N3O4S/c1-3-20-12-14-7-5-6-8-16(14)21-18(23)13-9-10-15-17(11-13)27(25,26)22(4-2)19(15)24/h5-11,20H,3-4,12H2,1-2H3,(H,21,23). The molecule has 0 aromatic heterocycles. The fourth-order valence-corrected chi connectivity index (χ4v) is 4.58. The zero-order valence-corrected chi connectivity index (χ0v) is 16.0. The molecule has 0 spiro atoms. The van der Waals surface area contributed by atoms with Gasteiger partial charge in [0.25, 0.3) is 21.8 Å². The highest BCUT2D eigenvalue weighted by Gasteiger charge is 2.40. The van der Waals surface area contributed by atoms with E-state index in [-0.39, 0.29) is 22.6 Å². The third-order valence-electron chi connectivity index (χ3n) is 4.39. The van der Waals surface area contributed by atoms with Crippen LogP contribution in [0.15, 0.2) is 47.4 Å². The fraction of sp³-hybridized carbons (Fsp3) is 0.263.